The molecule has 0 aliphatic heterocycles. The zero-order chi connectivity index (χ0) is 32.7. The molecule has 2 fully saturated rings. The summed E-state index contributed by atoms with van der Waals surface area (Å²) in [6.07, 6.45) is 9.20. The summed E-state index contributed by atoms with van der Waals surface area (Å²) in [6, 6.07) is 13.5. The number of benzene rings is 2. The minimum absolute atomic E-state index is 0.0160. The van der Waals surface area contributed by atoms with Crippen molar-refractivity contribution in [2.24, 2.45) is 28.6 Å². The molecule has 2 saturated carbocycles. The molecule has 0 spiro atoms. The van der Waals surface area contributed by atoms with Crippen LogP contribution in [0.2, 0.25) is 0 Å². The summed E-state index contributed by atoms with van der Waals surface area (Å²) in [5.74, 6) is 1.28. The van der Waals surface area contributed by atoms with Crippen molar-refractivity contribution in [1.82, 2.24) is 0 Å². The number of Topliss-reactive ketones (excluding diaryl/α,β-unsaturated/α-hetero) is 1. The van der Waals surface area contributed by atoms with Gasteiger partial charge in [-0.3, -0.25) is 19.2 Å². The maximum atomic E-state index is 12.8. The van der Waals surface area contributed by atoms with Gasteiger partial charge in [0.15, 0.2) is 23.0 Å². The normalized spacial score (nSPS) is 31.5. The highest BCUT2D eigenvalue weighted by molar-refractivity contribution is 6.10. The molecule has 4 aliphatic carbocycles. The van der Waals surface area contributed by atoms with Crippen LogP contribution in [-0.4, -0.2) is 41.1 Å². The average Bonchev–Trinajstić information content (AvgIpc) is 3.31. The quantitative estimate of drug-likeness (QED) is 0.281. The fourth-order valence-electron chi connectivity index (χ4n) is 9.05. The van der Waals surface area contributed by atoms with Crippen LogP contribution in [0.25, 0.3) is 0 Å². The highest BCUT2D eigenvalue weighted by Crippen LogP contribution is 2.67. The number of phenols is 1. The maximum Gasteiger partial charge on any atom is 0.303 e. The maximum absolute atomic E-state index is 12.8. The van der Waals surface area contributed by atoms with Crippen molar-refractivity contribution < 1.29 is 33.8 Å². The molecule has 1 N–H and O–H groups in total. The molecule has 7 nitrogen and oxygen atoms in total. The Hall–Kier alpha value is -4.00. The SMILES string of the molecule is CC(=O)OC1(C(C)=O)CCC2C3C=C(C)C4=CC(=O)CCC4(C)C3CCC21C.COc1ccc(C(=O)c2ccccc2)c(O)c1. The monoisotopic (exact) mass is 612 g/mol. The molecule has 6 rings (SSSR count). The number of esters is 1. The van der Waals surface area contributed by atoms with Crippen LogP contribution in [0.5, 0.6) is 11.5 Å². The van der Waals surface area contributed by atoms with Crippen molar-refractivity contribution >= 4 is 23.3 Å². The molecule has 6 unspecified atom stereocenters. The Kier molecular flexibility index (Phi) is 8.69. The second-order valence-corrected chi connectivity index (χ2v) is 13.6. The molecule has 0 bridgehead atoms. The Morgan fingerprint density at radius 2 is 1.62 bits per heavy atom. The Labute approximate surface area is 265 Å². The Balaban J connectivity index is 0.000000201. The van der Waals surface area contributed by atoms with E-state index >= 15 is 0 Å². The second kappa shape index (κ2) is 12.1. The van der Waals surface area contributed by atoms with E-state index in [-0.39, 0.29) is 45.5 Å². The third kappa shape index (κ3) is 5.44. The van der Waals surface area contributed by atoms with E-state index in [1.54, 1.807) is 43.3 Å². The van der Waals surface area contributed by atoms with Gasteiger partial charge in [0.1, 0.15) is 11.5 Å². The first-order valence-corrected chi connectivity index (χ1v) is 15.9. The highest BCUT2D eigenvalue weighted by atomic mass is 16.6. The standard InChI is InChI=1S/C24H32O4.C14H12O3/c1-14-12-18-19(22(4)9-6-17(27)13-21(14)22)7-10-23(5)20(18)8-11-24(23,15(2)25)28-16(3)26;1-17-11-7-8-12(13(15)9-11)14(16)10-5-3-2-4-6-10/h12-13,18-20H,6-11H2,1-5H3;2-9,15H,1H3. The fourth-order valence-corrected chi connectivity index (χ4v) is 9.05. The largest absolute Gasteiger partial charge is 0.507 e. The van der Waals surface area contributed by atoms with E-state index in [0.29, 0.717) is 41.9 Å². The van der Waals surface area contributed by atoms with Crippen molar-refractivity contribution in [3.63, 3.8) is 0 Å². The van der Waals surface area contributed by atoms with Gasteiger partial charge in [0.25, 0.3) is 0 Å². The molecule has 2 aromatic carbocycles. The number of ether oxygens (including phenoxy) is 2. The molecule has 7 heteroatoms. The number of hydrogen-bond donors (Lipinski definition) is 1. The zero-order valence-corrected chi connectivity index (χ0v) is 27.1. The van der Waals surface area contributed by atoms with Gasteiger partial charge in [-0.25, -0.2) is 0 Å². The lowest BCUT2D eigenvalue weighted by molar-refractivity contribution is -0.185. The van der Waals surface area contributed by atoms with Gasteiger partial charge in [-0.2, -0.15) is 0 Å². The number of rotatable bonds is 5. The van der Waals surface area contributed by atoms with Crippen LogP contribution in [0.1, 0.15) is 89.1 Å². The Morgan fingerprint density at radius 1 is 0.933 bits per heavy atom. The third-order valence-electron chi connectivity index (χ3n) is 11.3. The molecule has 4 aliphatic rings. The molecule has 0 amide bonds. The summed E-state index contributed by atoms with van der Waals surface area (Å²) >= 11 is 0. The van der Waals surface area contributed by atoms with E-state index in [4.69, 9.17) is 9.47 Å². The van der Waals surface area contributed by atoms with Crippen molar-refractivity contribution in [2.75, 3.05) is 7.11 Å². The molecule has 2 aromatic rings. The van der Waals surface area contributed by atoms with Gasteiger partial charge >= 0.3 is 5.97 Å². The van der Waals surface area contributed by atoms with Gasteiger partial charge in [0, 0.05) is 30.4 Å². The first-order chi connectivity index (χ1) is 21.3. The molecule has 6 atom stereocenters. The number of aromatic hydroxyl groups is 1. The van der Waals surface area contributed by atoms with Gasteiger partial charge in [-0.15, -0.1) is 0 Å². The van der Waals surface area contributed by atoms with Crippen LogP contribution in [0.3, 0.4) is 0 Å². The topological polar surface area (TPSA) is 107 Å². The first kappa shape index (κ1) is 32.4. The van der Waals surface area contributed by atoms with Crippen LogP contribution in [0.4, 0.5) is 0 Å². The lowest BCUT2D eigenvalue weighted by Crippen LogP contribution is -2.58. The van der Waals surface area contributed by atoms with E-state index in [1.165, 1.54) is 31.2 Å². The van der Waals surface area contributed by atoms with Gasteiger partial charge in [-0.1, -0.05) is 55.8 Å². The molecule has 0 heterocycles. The van der Waals surface area contributed by atoms with Crippen LogP contribution in [0, 0.1) is 28.6 Å². The molecule has 0 aromatic heterocycles. The Morgan fingerprint density at radius 3 is 2.24 bits per heavy atom. The summed E-state index contributed by atoms with van der Waals surface area (Å²) in [5, 5.41) is 9.75. The molecular formula is C38H44O7. The van der Waals surface area contributed by atoms with E-state index in [0.717, 1.165) is 25.7 Å². The highest BCUT2D eigenvalue weighted by Gasteiger charge is 2.67. The number of methoxy groups -OCH3 is 1. The predicted octanol–water partition coefficient (Wildman–Crippen LogP) is 7.21. The molecule has 0 radical (unpaired) electrons. The predicted molar refractivity (Wildman–Crippen MR) is 171 cm³/mol. The number of phenolic OH excluding ortho intramolecular Hbond substituents is 1. The van der Waals surface area contributed by atoms with Gasteiger partial charge in [0.2, 0.25) is 0 Å². The minimum atomic E-state index is -0.990. The van der Waals surface area contributed by atoms with E-state index < -0.39 is 5.60 Å². The van der Waals surface area contributed by atoms with Crippen molar-refractivity contribution in [2.45, 2.75) is 78.7 Å². The first-order valence-electron chi connectivity index (χ1n) is 15.9. The van der Waals surface area contributed by atoms with Crippen molar-refractivity contribution in [3.8, 4) is 11.5 Å². The molecular weight excluding hydrogens is 568 g/mol. The average molecular weight is 613 g/mol. The summed E-state index contributed by atoms with van der Waals surface area (Å²) in [7, 11) is 1.51. The van der Waals surface area contributed by atoms with Gasteiger partial charge < -0.3 is 14.6 Å². The summed E-state index contributed by atoms with van der Waals surface area (Å²) in [6.45, 7) is 9.63. The Bertz CT molecular complexity index is 1590. The van der Waals surface area contributed by atoms with Gasteiger partial charge in [-0.05, 0) is 92.9 Å². The number of allylic oxidation sites excluding steroid dienone is 4. The van der Waals surface area contributed by atoms with Crippen molar-refractivity contribution in [3.05, 3.63) is 83.0 Å². The summed E-state index contributed by atoms with van der Waals surface area (Å²) in [4.78, 5) is 48.8. The number of carbonyl (C=O) groups excluding carboxylic acids is 4. The molecule has 238 valence electrons. The van der Waals surface area contributed by atoms with Gasteiger partial charge in [0.05, 0.1) is 12.7 Å². The smallest absolute Gasteiger partial charge is 0.303 e. The lowest BCUT2D eigenvalue weighted by atomic mass is 9.47. The number of ketones is 3. The number of fused-ring (bicyclic) bond motifs is 5. The van der Waals surface area contributed by atoms with E-state index in [9.17, 15) is 24.3 Å². The lowest BCUT2D eigenvalue weighted by Gasteiger charge is -2.58. The van der Waals surface area contributed by atoms with Crippen LogP contribution in [-0.2, 0) is 19.1 Å². The van der Waals surface area contributed by atoms with Crippen LogP contribution < -0.4 is 4.74 Å². The fraction of sp³-hybridized carbons (Fsp3) is 0.474. The second-order valence-electron chi connectivity index (χ2n) is 13.6. The molecule has 45 heavy (non-hydrogen) atoms. The van der Waals surface area contributed by atoms with E-state index in [2.05, 4.69) is 26.8 Å². The third-order valence-corrected chi connectivity index (χ3v) is 11.3. The minimum Gasteiger partial charge on any atom is -0.507 e. The van der Waals surface area contributed by atoms with Crippen LogP contribution >= 0.6 is 0 Å². The van der Waals surface area contributed by atoms with E-state index in [1.807, 2.05) is 12.1 Å². The number of hydrogen-bond acceptors (Lipinski definition) is 7. The number of carbonyl (C=O) groups is 4. The summed E-state index contributed by atoms with van der Waals surface area (Å²) < 4.78 is 10.8. The molecule has 0 saturated heterocycles. The summed E-state index contributed by atoms with van der Waals surface area (Å²) in [5.41, 5.74) is 1.98. The zero-order valence-electron chi connectivity index (χ0n) is 27.1. The van der Waals surface area contributed by atoms with Crippen LogP contribution in [0.15, 0.2) is 71.8 Å². The van der Waals surface area contributed by atoms with Crippen molar-refractivity contribution in [1.29, 1.82) is 0 Å².